The summed E-state index contributed by atoms with van der Waals surface area (Å²) in [5.74, 6) is -0.235. The van der Waals surface area contributed by atoms with Crippen LogP contribution in [0.3, 0.4) is 0 Å². The minimum absolute atomic E-state index is 0.124. The first-order chi connectivity index (χ1) is 18.5. The van der Waals surface area contributed by atoms with Crippen molar-refractivity contribution >= 4 is 17.7 Å². The molecule has 0 bridgehead atoms. The number of hydrogen-bond donors (Lipinski definition) is 1. The Balaban J connectivity index is 1.18. The standard InChI is InChI=1S/C28H33F3N4O4/c1-27-10-2-3-23(21(27)16-35(26(27)38)22-8-9-24(36)32-25(22)37)39-17-20-6-4-19(5-7-20)15-33-11-13-34(14-12-33)18-28(29,30)31/h2-7,22H,8-18H2,1H3,(H,32,36,37). The van der Waals surface area contributed by atoms with Crippen LogP contribution in [0.1, 0.15) is 37.3 Å². The largest absolute Gasteiger partial charge is 0.489 e. The lowest BCUT2D eigenvalue weighted by Crippen LogP contribution is -2.53. The maximum Gasteiger partial charge on any atom is 0.401 e. The molecule has 1 N–H and O–H groups in total. The van der Waals surface area contributed by atoms with Crippen LogP contribution < -0.4 is 5.32 Å². The summed E-state index contributed by atoms with van der Waals surface area (Å²) in [5.41, 5.74) is 2.10. The maximum absolute atomic E-state index is 13.4. The number of halogens is 3. The van der Waals surface area contributed by atoms with Gasteiger partial charge in [-0.3, -0.25) is 29.5 Å². The van der Waals surface area contributed by atoms with E-state index < -0.39 is 30.1 Å². The van der Waals surface area contributed by atoms with Crippen molar-refractivity contribution in [3.63, 3.8) is 0 Å². The van der Waals surface area contributed by atoms with Crippen LogP contribution in [0.5, 0.6) is 0 Å². The van der Waals surface area contributed by atoms with E-state index in [-0.39, 0.29) is 24.8 Å². The molecule has 1 aromatic carbocycles. The number of alkyl halides is 3. The van der Waals surface area contributed by atoms with Crippen LogP contribution in [-0.4, -0.2) is 83.9 Å². The molecule has 0 aromatic heterocycles. The summed E-state index contributed by atoms with van der Waals surface area (Å²) in [4.78, 5) is 42.5. The molecule has 0 saturated carbocycles. The van der Waals surface area contributed by atoms with Crippen molar-refractivity contribution in [1.82, 2.24) is 20.0 Å². The van der Waals surface area contributed by atoms with Crippen molar-refractivity contribution in [3.8, 4) is 0 Å². The van der Waals surface area contributed by atoms with E-state index in [0.29, 0.717) is 57.9 Å². The van der Waals surface area contributed by atoms with E-state index in [2.05, 4.69) is 10.2 Å². The summed E-state index contributed by atoms with van der Waals surface area (Å²) in [6.45, 7) is 4.29. The molecule has 4 aliphatic rings. The number of piperidine rings is 1. The zero-order valence-corrected chi connectivity index (χ0v) is 21.9. The first-order valence-electron chi connectivity index (χ1n) is 13.3. The van der Waals surface area contributed by atoms with Gasteiger partial charge in [-0.2, -0.15) is 13.2 Å². The summed E-state index contributed by atoms with van der Waals surface area (Å²) in [5, 5.41) is 2.34. The van der Waals surface area contributed by atoms with E-state index in [1.807, 2.05) is 43.3 Å². The Morgan fingerprint density at radius 1 is 1.03 bits per heavy atom. The van der Waals surface area contributed by atoms with E-state index in [0.717, 1.165) is 16.7 Å². The van der Waals surface area contributed by atoms with Crippen molar-refractivity contribution in [1.29, 1.82) is 0 Å². The quantitative estimate of drug-likeness (QED) is 0.530. The highest BCUT2D eigenvalue weighted by atomic mass is 19.4. The molecule has 11 heteroatoms. The van der Waals surface area contributed by atoms with Gasteiger partial charge in [-0.05, 0) is 37.0 Å². The first kappa shape index (κ1) is 27.4. The molecule has 2 unspecified atom stereocenters. The van der Waals surface area contributed by atoms with Crippen molar-refractivity contribution in [3.05, 3.63) is 58.9 Å². The fourth-order valence-electron chi connectivity index (χ4n) is 5.81. The number of carbonyl (C=O) groups is 3. The second kappa shape index (κ2) is 10.8. The number of carbonyl (C=O) groups excluding carboxylic acids is 3. The Kier molecular flexibility index (Phi) is 7.56. The molecule has 3 heterocycles. The second-order valence-corrected chi connectivity index (χ2v) is 11.0. The monoisotopic (exact) mass is 546 g/mol. The Bertz CT molecular complexity index is 1190. The highest BCUT2D eigenvalue weighted by Gasteiger charge is 2.52. The minimum Gasteiger partial charge on any atom is -0.489 e. The molecule has 3 fully saturated rings. The van der Waals surface area contributed by atoms with Gasteiger partial charge < -0.3 is 9.64 Å². The zero-order valence-electron chi connectivity index (χ0n) is 21.9. The van der Waals surface area contributed by atoms with Gasteiger partial charge in [0.05, 0.1) is 12.0 Å². The van der Waals surface area contributed by atoms with E-state index in [1.54, 1.807) is 4.90 Å². The summed E-state index contributed by atoms with van der Waals surface area (Å²) >= 11 is 0. The molecule has 3 saturated heterocycles. The molecule has 3 amide bonds. The summed E-state index contributed by atoms with van der Waals surface area (Å²) in [7, 11) is 0. The van der Waals surface area contributed by atoms with Gasteiger partial charge in [0.2, 0.25) is 17.7 Å². The molecule has 0 radical (unpaired) electrons. The fourth-order valence-corrected chi connectivity index (χ4v) is 5.81. The topological polar surface area (TPSA) is 82.2 Å². The molecule has 3 aliphatic heterocycles. The SMILES string of the molecule is CC12CC=CC(OCc3ccc(CN4CCN(CC(F)(F)F)CC4)cc3)=C1CN(C1CCC(=O)NC1=O)C2=O. The molecule has 1 aliphatic carbocycles. The predicted molar refractivity (Wildman–Crippen MR) is 136 cm³/mol. The average Bonchev–Trinajstić information content (AvgIpc) is 3.15. The van der Waals surface area contributed by atoms with Crippen LogP contribution in [0.15, 0.2) is 47.7 Å². The van der Waals surface area contributed by atoms with Gasteiger partial charge in [0.15, 0.2) is 0 Å². The molecular weight excluding hydrogens is 513 g/mol. The number of likely N-dealkylation sites (tertiary alicyclic amines) is 1. The third kappa shape index (κ3) is 6.04. The molecule has 0 spiro atoms. The van der Waals surface area contributed by atoms with Crippen molar-refractivity contribution < 1.29 is 32.3 Å². The number of imide groups is 1. The second-order valence-electron chi connectivity index (χ2n) is 11.0. The fraction of sp³-hybridized carbons (Fsp3) is 0.536. The van der Waals surface area contributed by atoms with Crippen LogP contribution in [-0.2, 0) is 32.3 Å². The van der Waals surface area contributed by atoms with Crippen molar-refractivity contribution in [2.24, 2.45) is 5.41 Å². The lowest BCUT2D eigenvalue weighted by Gasteiger charge is -2.35. The average molecular weight is 547 g/mol. The van der Waals surface area contributed by atoms with Crippen LogP contribution in [0, 0.1) is 5.41 Å². The molecule has 1 aromatic rings. The minimum atomic E-state index is -4.16. The van der Waals surface area contributed by atoms with E-state index in [9.17, 15) is 27.6 Å². The number of ether oxygens (including phenoxy) is 1. The van der Waals surface area contributed by atoms with Gasteiger partial charge in [0.1, 0.15) is 18.4 Å². The molecule has 210 valence electrons. The Labute approximate surface area is 225 Å². The highest BCUT2D eigenvalue weighted by Crippen LogP contribution is 2.46. The van der Waals surface area contributed by atoms with Crippen LogP contribution in [0.4, 0.5) is 13.2 Å². The van der Waals surface area contributed by atoms with E-state index in [4.69, 9.17) is 4.74 Å². The van der Waals surface area contributed by atoms with Crippen molar-refractivity contribution in [2.45, 2.75) is 51.6 Å². The summed E-state index contributed by atoms with van der Waals surface area (Å²) in [6, 6.07) is 7.29. The number of fused-ring (bicyclic) bond motifs is 1. The first-order valence-corrected chi connectivity index (χ1v) is 13.3. The van der Waals surface area contributed by atoms with Gasteiger partial charge >= 0.3 is 6.18 Å². The number of rotatable bonds is 7. The smallest absolute Gasteiger partial charge is 0.401 e. The summed E-state index contributed by atoms with van der Waals surface area (Å²) < 4.78 is 44.0. The van der Waals surface area contributed by atoms with Gasteiger partial charge in [-0.1, -0.05) is 30.3 Å². The Hall–Kier alpha value is -3.18. The number of nitrogens with one attached hydrogen (secondary N) is 1. The highest BCUT2D eigenvalue weighted by molar-refractivity contribution is 6.03. The molecule has 8 nitrogen and oxygen atoms in total. The lowest BCUT2D eigenvalue weighted by molar-refractivity contribution is -0.149. The number of benzene rings is 1. The Morgan fingerprint density at radius 3 is 2.36 bits per heavy atom. The number of nitrogens with zero attached hydrogens (tertiary/aromatic N) is 3. The van der Waals surface area contributed by atoms with E-state index in [1.165, 1.54) is 4.90 Å². The third-order valence-corrected chi connectivity index (χ3v) is 8.10. The van der Waals surface area contributed by atoms with Gasteiger partial charge in [-0.25, -0.2) is 0 Å². The number of amides is 3. The molecule has 39 heavy (non-hydrogen) atoms. The maximum atomic E-state index is 13.4. The van der Waals surface area contributed by atoms with Crippen LogP contribution >= 0.6 is 0 Å². The molecule has 5 rings (SSSR count). The van der Waals surface area contributed by atoms with Crippen LogP contribution in [0.25, 0.3) is 0 Å². The number of piperazine rings is 1. The van der Waals surface area contributed by atoms with Gasteiger partial charge in [-0.15, -0.1) is 0 Å². The van der Waals surface area contributed by atoms with Crippen LogP contribution in [0.2, 0.25) is 0 Å². The van der Waals surface area contributed by atoms with E-state index >= 15 is 0 Å². The predicted octanol–water partition coefficient (Wildman–Crippen LogP) is 2.75. The zero-order chi connectivity index (χ0) is 27.8. The molecular formula is C28H33F3N4O4. The third-order valence-electron chi connectivity index (χ3n) is 8.10. The molecule has 2 atom stereocenters. The normalized spacial score (nSPS) is 26.7. The number of hydrogen-bond acceptors (Lipinski definition) is 6. The Morgan fingerprint density at radius 2 is 1.69 bits per heavy atom. The van der Waals surface area contributed by atoms with Gasteiger partial charge in [0, 0.05) is 51.3 Å². The lowest BCUT2D eigenvalue weighted by atomic mass is 9.77. The number of allylic oxidation sites excluding steroid dienone is 2. The van der Waals surface area contributed by atoms with Crippen molar-refractivity contribution in [2.75, 3.05) is 39.3 Å². The summed E-state index contributed by atoms with van der Waals surface area (Å²) in [6.07, 6.45) is 0.689. The van der Waals surface area contributed by atoms with Gasteiger partial charge in [0.25, 0.3) is 0 Å².